The van der Waals surface area contributed by atoms with Gasteiger partial charge in [0.1, 0.15) is 5.78 Å². The van der Waals surface area contributed by atoms with E-state index in [1.807, 2.05) is 43.3 Å². The number of hydrogen-bond acceptors (Lipinski definition) is 4. The topological polar surface area (TPSA) is 48.4 Å². The van der Waals surface area contributed by atoms with Crippen molar-refractivity contribution in [1.82, 2.24) is 4.98 Å². The van der Waals surface area contributed by atoms with Crippen LogP contribution in [0.15, 0.2) is 36.4 Å². The van der Waals surface area contributed by atoms with E-state index < -0.39 is 0 Å². The number of carbonyl (C=O) groups excluding carboxylic acids is 1. The van der Waals surface area contributed by atoms with Gasteiger partial charge in [-0.15, -0.1) is 0 Å². The largest absolute Gasteiger partial charge is 0.454 e. The fraction of sp³-hybridized carbons (Fsp3) is 0.333. The van der Waals surface area contributed by atoms with Gasteiger partial charge in [-0.25, -0.2) is 0 Å². The molecule has 0 saturated heterocycles. The second-order valence-electron chi connectivity index (χ2n) is 6.02. The van der Waals surface area contributed by atoms with Gasteiger partial charge in [-0.05, 0) is 49.6 Å². The molecule has 112 valence electrons. The predicted octanol–water partition coefficient (Wildman–Crippen LogP) is 2.96. The molecule has 1 aliphatic heterocycles. The van der Waals surface area contributed by atoms with Crippen molar-refractivity contribution in [2.24, 2.45) is 0 Å². The second kappa shape index (κ2) is 4.83. The van der Waals surface area contributed by atoms with Gasteiger partial charge in [-0.2, -0.15) is 0 Å². The summed E-state index contributed by atoms with van der Waals surface area (Å²) in [4.78, 5) is 17.2. The molecule has 0 bridgehead atoms. The normalized spacial score (nSPS) is 17.3. The fourth-order valence-electron chi connectivity index (χ4n) is 3.08. The minimum absolute atomic E-state index is 0.240. The van der Waals surface area contributed by atoms with Crippen LogP contribution in [0.2, 0.25) is 0 Å². The molecule has 4 rings (SSSR count). The second-order valence-corrected chi connectivity index (χ2v) is 6.02. The zero-order valence-corrected chi connectivity index (χ0v) is 12.5. The van der Waals surface area contributed by atoms with Crippen molar-refractivity contribution in [2.75, 3.05) is 6.79 Å². The highest BCUT2D eigenvalue weighted by molar-refractivity contribution is 5.94. The lowest BCUT2D eigenvalue weighted by Gasteiger charge is -2.15. The van der Waals surface area contributed by atoms with Crippen LogP contribution in [0.4, 0.5) is 0 Å². The van der Waals surface area contributed by atoms with Gasteiger partial charge in [-0.3, -0.25) is 9.78 Å². The number of ether oxygens (including phenoxy) is 2. The monoisotopic (exact) mass is 295 g/mol. The summed E-state index contributed by atoms with van der Waals surface area (Å²) in [5.74, 6) is 1.74. The van der Waals surface area contributed by atoms with E-state index in [4.69, 9.17) is 9.47 Å². The van der Waals surface area contributed by atoms with E-state index in [0.717, 1.165) is 41.3 Å². The molecule has 2 heterocycles. The number of aryl methyl sites for hydroxylation is 1. The van der Waals surface area contributed by atoms with E-state index in [9.17, 15) is 4.79 Å². The van der Waals surface area contributed by atoms with Crippen LogP contribution in [-0.4, -0.2) is 17.6 Å². The standard InChI is InChI=1S/C18H17NO3/c1-12-3-2-4-14(19-12)10-17(20)18(7-8-18)13-5-6-15-16(9-13)22-11-21-15/h2-6,9H,7-8,10-11H2,1H3. The first-order valence-electron chi connectivity index (χ1n) is 7.53. The molecule has 1 aliphatic carbocycles. The lowest BCUT2D eigenvalue weighted by molar-refractivity contribution is -0.120. The number of Topliss-reactive ketones (excluding diaryl/α,β-unsaturated/α-hetero) is 1. The van der Waals surface area contributed by atoms with Crippen LogP contribution in [0.1, 0.15) is 29.8 Å². The molecule has 2 aromatic rings. The van der Waals surface area contributed by atoms with Crippen molar-refractivity contribution < 1.29 is 14.3 Å². The Balaban J connectivity index is 1.60. The van der Waals surface area contributed by atoms with Gasteiger partial charge in [0.15, 0.2) is 11.5 Å². The fourth-order valence-corrected chi connectivity index (χ4v) is 3.08. The quantitative estimate of drug-likeness (QED) is 0.870. The average molecular weight is 295 g/mol. The zero-order chi connectivity index (χ0) is 15.2. The first kappa shape index (κ1) is 13.3. The number of nitrogens with zero attached hydrogens (tertiary/aromatic N) is 1. The Morgan fingerprint density at radius 3 is 2.77 bits per heavy atom. The Kier molecular flexibility index (Phi) is 2.93. The SMILES string of the molecule is Cc1cccc(CC(=O)C2(c3ccc4c(c3)OCO4)CC2)n1. The minimum Gasteiger partial charge on any atom is -0.454 e. The maximum Gasteiger partial charge on any atom is 0.231 e. The molecular weight excluding hydrogens is 278 g/mol. The molecule has 1 fully saturated rings. The number of carbonyl (C=O) groups is 1. The lowest BCUT2D eigenvalue weighted by Crippen LogP contribution is -2.23. The van der Waals surface area contributed by atoms with E-state index in [1.165, 1.54) is 0 Å². The molecule has 0 N–H and O–H groups in total. The van der Waals surface area contributed by atoms with Gasteiger partial charge in [0.25, 0.3) is 0 Å². The highest BCUT2D eigenvalue weighted by Crippen LogP contribution is 2.51. The van der Waals surface area contributed by atoms with Crippen molar-refractivity contribution in [3.8, 4) is 11.5 Å². The molecule has 2 aliphatic rings. The molecule has 0 amide bonds. The Hall–Kier alpha value is -2.36. The molecule has 0 radical (unpaired) electrons. The number of rotatable bonds is 4. The van der Waals surface area contributed by atoms with Crippen molar-refractivity contribution in [3.63, 3.8) is 0 Å². The molecule has 4 nitrogen and oxygen atoms in total. The number of hydrogen-bond donors (Lipinski definition) is 0. The zero-order valence-electron chi connectivity index (χ0n) is 12.5. The molecule has 0 atom stereocenters. The summed E-state index contributed by atoms with van der Waals surface area (Å²) < 4.78 is 10.8. The minimum atomic E-state index is -0.355. The van der Waals surface area contributed by atoms with Crippen LogP contribution in [0.3, 0.4) is 0 Å². The Morgan fingerprint density at radius 2 is 2.00 bits per heavy atom. The van der Waals surface area contributed by atoms with Gasteiger partial charge < -0.3 is 9.47 Å². The number of ketones is 1. The van der Waals surface area contributed by atoms with Crippen LogP contribution in [0.25, 0.3) is 0 Å². The molecule has 4 heteroatoms. The van der Waals surface area contributed by atoms with Crippen LogP contribution < -0.4 is 9.47 Å². The highest BCUT2D eigenvalue weighted by Gasteiger charge is 2.50. The van der Waals surface area contributed by atoms with Crippen LogP contribution in [0, 0.1) is 6.92 Å². The van der Waals surface area contributed by atoms with Gasteiger partial charge in [0.05, 0.1) is 5.41 Å². The molecular formula is C18H17NO3. The Morgan fingerprint density at radius 1 is 1.18 bits per heavy atom. The summed E-state index contributed by atoms with van der Waals surface area (Å²) in [6, 6.07) is 11.7. The van der Waals surface area contributed by atoms with Crippen molar-refractivity contribution in [1.29, 1.82) is 0 Å². The van der Waals surface area contributed by atoms with E-state index >= 15 is 0 Å². The van der Waals surface area contributed by atoms with E-state index in [2.05, 4.69) is 4.98 Å². The average Bonchev–Trinajstić information content (AvgIpc) is 3.19. The predicted molar refractivity (Wildman–Crippen MR) is 81.2 cm³/mol. The van der Waals surface area contributed by atoms with Crippen LogP contribution in [0.5, 0.6) is 11.5 Å². The van der Waals surface area contributed by atoms with Crippen molar-refractivity contribution in [3.05, 3.63) is 53.3 Å². The third kappa shape index (κ3) is 2.15. The summed E-state index contributed by atoms with van der Waals surface area (Å²) in [6.45, 7) is 2.20. The Labute approximate surface area is 129 Å². The maximum absolute atomic E-state index is 12.8. The first-order valence-corrected chi connectivity index (χ1v) is 7.53. The summed E-state index contributed by atoms with van der Waals surface area (Å²) in [5.41, 5.74) is 2.47. The van der Waals surface area contributed by atoms with Crippen LogP contribution in [-0.2, 0) is 16.6 Å². The Bertz CT molecular complexity index is 750. The summed E-state index contributed by atoms with van der Waals surface area (Å²) in [5, 5.41) is 0. The van der Waals surface area contributed by atoms with E-state index in [0.29, 0.717) is 6.42 Å². The van der Waals surface area contributed by atoms with Gasteiger partial charge in [0, 0.05) is 17.8 Å². The highest BCUT2D eigenvalue weighted by atomic mass is 16.7. The first-order chi connectivity index (χ1) is 10.7. The third-order valence-corrected chi connectivity index (χ3v) is 4.50. The number of fused-ring (bicyclic) bond motifs is 1. The molecule has 1 aromatic heterocycles. The number of benzene rings is 1. The molecule has 0 spiro atoms. The number of aromatic nitrogens is 1. The van der Waals surface area contributed by atoms with Gasteiger partial charge in [-0.1, -0.05) is 12.1 Å². The van der Waals surface area contributed by atoms with Gasteiger partial charge in [0.2, 0.25) is 6.79 Å². The summed E-state index contributed by atoms with van der Waals surface area (Å²) >= 11 is 0. The molecule has 0 unspecified atom stereocenters. The third-order valence-electron chi connectivity index (χ3n) is 4.50. The maximum atomic E-state index is 12.8. The van der Waals surface area contributed by atoms with E-state index in [1.54, 1.807) is 0 Å². The molecule has 1 aromatic carbocycles. The van der Waals surface area contributed by atoms with E-state index in [-0.39, 0.29) is 18.0 Å². The van der Waals surface area contributed by atoms with Crippen molar-refractivity contribution >= 4 is 5.78 Å². The van der Waals surface area contributed by atoms with Crippen LogP contribution >= 0.6 is 0 Å². The van der Waals surface area contributed by atoms with Gasteiger partial charge >= 0.3 is 0 Å². The summed E-state index contributed by atoms with van der Waals surface area (Å²) in [6.07, 6.45) is 2.19. The summed E-state index contributed by atoms with van der Waals surface area (Å²) in [7, 11) is 0. The lowest BCUT2D eigenvalue weighted by atomic mass is 9.88. The number of pyridine rings is 1. The smallest absolute Gasteiger partial charge is 0.231 e. The molecule has 22 heavy (non-hydrogen) atoms. The van der Waals surface area contributed by atoms with Crippen molar-refractivity contribution in [2.45, 2.75) is 31.6 Å². The molecule has 1 saturated carbocycles.